The zero-order valence-corrected chi connectivity index (χ0v) is 15.2. The number of halogens is 2. The van der Waals surface area contributed by atoms with Gasteiger partial charge in [-0.05, 0) is 49.2 Å². The van der Waals surface area contributed by atoms with Crippen LogP contribution in [0.2, 0.25) is 0 Å². The fourth-order valence-electron chi connectivity index (χ4n) is 2.48. The normalized spacial score (nSPS) is 18.4. The summed E-state index contributed by atoms with van der Waals surface area (Å²) in [5.74, 6) is 4.25. The number of thioether (sulfide) groups is 1. The summed E-state index contributed by atoms with van der Waals surface area (Å²) in [5, 5.41) is 11.8. The Hall–Kier alpha value is -2.85. The smallest absolute Gasteiger partial charge is 0.236 e. The average molecular weight is 386 g/mol. The second-order valence-electron chi connectivity index (χ2n) is 5.93. The molecular weight excluding hydrogens is 370 g/mol. The Balaban J connectivity index is 1.61. The molecule has 138 valence electrons. The molecule has 0 aromatic heterocycles. The van der Waals surface area contributed by atoms with Crippen LogP contribution in [0.5, 0.6) is 5.75 Å². The summed E-state index contributed by atoms with van der Waals surface area (Å²) in [7, 11) is 0. The van der Waals surface area contributed by atoms with Crippen LogP contribution in [-0.4, -0.2) is 27.3 Å². The van der Waals surface area contributed by atoms with Gasteiger partial charge in [-0.15, -0.1) is 0 Å². The van der Waals surface area contributed by atoms with Gasteiger partial charge < -0.3 is 10.4 Å². The summed E-state index contributed by atoms with van der Waals surface area (Å²) in [6.45, 7) is 1.56. The summed E-state index contributed by atoms with van der Waals surface area (Å²) in [5.41, 5.74) is 0.543. The molecule has 0 spiro atoms. The van der Waals surface area contributed by atoms with E-state index in [1.54, 1.807) is 19.1 Å². The SMILES string of the molecule is CC1N=C(C#Cc2ccc(O)cc2)SC1C(=O)NCc1c(F)cccc1F. The third-order valence-electron chi connectivity index (χ3n) is 3.94. The molecule has 1 aliphatic rings. The van der Waals surface area contributed by atoms with Gasteiger partial charge in [0.25, 0.3) is 0 Å². The molecule has 1 heterocycles. The van der Waals surface area contributed by atoms with Crippen LogP contribution in [0.1, 0.15) is 18.1 Å². The zero-order chi connectivity index (χ0) is 19.4. The van der Waals surface area contributed by atoms with Gasteiger partial charge in [-0.25, -0.2) is 8.78 Å². The monoisotopic (exact) mass is 386 g/mol. The maximum absolute atomic E-state index is 13.7. The Bertz CT molecular complexity index is 928. The Kier molecular flexibility index (Phi) is 5.77. The predicted octanol–water partition coefficient (Wildman–Crippen LogP) is 3.24. The van der Waals surface area contributed by atoms with Gasteiger partial charge in [-0.3, -0.25) is 9.79 Å². The largest absolute Gasteiger partial charge is 0.508 e. The van der Waals surface area contributed by atoms with E-state index in [2.05, 4.69) is 22.2 Å². The standard InChI is InChI=1S/C20H16F2N2O2S/c1-12-19(20(26)23-11-15-16(21)3-2-4-17(15)22)27-18(24-12)10-7-13-5-8-14(25)9-6-13/h2-6,8-9,12,19,25H,11H2,1H3,(H,23,26). The van der Waals surface area contributed by atoms with E-state index in [4.69, 9.17) is 0 Å². The maximum Gasteiger partial charge on any atom is 0.236 e. The molecule has 2 unspecified atom stereocenters. The van der Waals surface area contributed by atoms with E-state index in [0.717, 1.165) is 12.1 Å². The van der Waals surface area contributed by atoms with Gasteiger partial charge in [0.2, 0.25) is 5.91 Å². The van der Waals surface area contributed by atoms with Gasteiger partial charge in [0.05, 0.1) is 6.04 Å². The van der Waals surface area contributed by atoms with Gasteiger partial charge in [-0.1, -0.05) is 23.7 Å². The number of phenols is 1. The third-order valence-corrected chi connectivity index (χ3v) is 5.23. The van der Waals surface area contributed by atoms with Crippen molar-refractivity contribution in [1.82, 2.24) is 5.32 Å². The molecule has 0 fully saturated rings. The van der Waals surface area contributed by atoms with Crippen molar-refractivity contribution in [1.29, 1.82) is 0 Å². The van der Waals surface area contributed by atoms with Gasteiger partial charge >= 0.3 is 0 Å². The number of rotatable bonds is 3. The van der Waals surface area contributed by atoms with Crippen LogP contribution in [0.4, 0.5) is 8.78 Å². The highest BCUT2D eigenvalue weighted by molar-refractivity contribution is 8.16. The highest BCUT2D eigenvalue weighted by atomic mass is 32.2. The highest BCUT2D eigenvalue weighted by Gasteiger charge is 2.32. The topological polar surface area (TPSA) is 61.7 Å². The van der Waals surface area contributed by atoms with Crippen molar-refractivity contribution in [2.75, 3.05) is 0 Å². The number of phenolic OH excluding ortho intramolecular Hbond substituents is 1. The molecule has 0 radical (unpaired) electrons. The van der Waals surface area contributed by atoms with Crippen LogP contribution < -0.4 is 5.32 Å². The molecular formula is C20H16F2N2O2S. The minimum absolute atomic E-state index is 0.157. The number of hydrogen-bond acceptors (Lipinski definition) is 4. The first-order valence-electron chi connectivity index (χ1n) is 8.20. The minimum Gasteiger partial charge on any atom is -0.508 e. The third kappa shape index (κ3) is 4.66. The molecule has 1 aliphatic heterocycles. The first kappa shape index (κ1) is 18.9. The lowest BCUT2D eigenvalue weighted by molar-refractivity contribution is -0.120. The first-order chi connectivity index (χ1) is 12.9. The van der Waals surface area contributed by atoms with Crippen molar-refractivity contribution < 1.29 is 18.7 Å². The van der Waals surface area contributed by atoms with Gasteiger partial charge in [0, 0.05) is 17.7 Å². The molecule has 0 saturated carbocycles. The molecule has 0 aliphatic carbocycles. The maximum atomic E-state index is 13.7. The summed E-state index contributed by atoms with van der Waals surface area (Å²) in [4.78, 5) is 16.7. The molecule has 0 bridgehead atoms. The van der Waals surface area contributed by atoms with E-state index < -0.39 is 16.9 Å². The molecule has 2 aromatic carbocycles. The molecule has 2 N–H and O–H groups in total. The second-order valence-corrected chi connectivity index (χ2v) is 7.06. The molecule has 1 amide bonds. The number of carbonyl (C=O) groups is 1. The lowest BCUT2D eigenvalue weighted by Crippen LogP contribution is -2.36. The fourth-order valence-corrected chi connectivity index (χ4v) is 3.51. The van der Waals surface area contributed by atoms with Crippen molar-refractivity contribution in [3.05, 3.63) is 65.2 Å². The number of amides is 1. The van der Waals surface area contributed by atoms with E-state index in [1.165, 1.54) is 30.0 Å². The first-order valence-corrected chi connectivity index (χ1v) is 9.08. The Morgan fingerprint density at radius 3 is 2.52 bits per heavy atom. The van der Waals surface area contributed by atoms with Crippen molar-refractivity contribution in [2.24, 2.45) is 4.99 Å². The van der Waals surface area contributed by atoms with E-state index in [-0.39, 0.29) is 29.8 Å². The van der Waals surface area contributed by atoms with Crippen LogP contribution >= 0.6 is 11.8 Å². The number of nitrogens with one attached hydrogen (secondary N) is 1. The molecule has 2 aromatic rings. The van der Waals surface area contributed by atoms with Gasteiger partial charge in [0.1, 0.15) is 27.7 Å². The highest BCUT2D eigenvalue weighted by Crippen LogP contribution is 2.27. The van der Waals surface area contributed by atoms with Gasteiger partial charge in [0.15, 0.2) is 0 Å². The van der Waals surface area contributed by atoms with Crippen LogP contribution in [0.3, 0.4) is 0 Å². The molecule has 27 heavy (non-hydrogen) atoms. The lowest BCUT2D eigenvalue weighted by atomic mass is 10.2. The number of benzene rings is 2. The van der Waals surface area contributed by atoms with Crippen molar-refractivity contribution in [3.63, 3.8) is 0 Å². The Morgan fingerprint density at radius 2 is 1.85 bits per heavy atom. The van der Waals surface area contributed by atoms with E-state index in [9.17, 15) is 18.7 Å². The number of carbonyl (C=O) groups excluding carboxylic acids is 1. The summed E-state index contributed by atoms with van der Waals surface area (Å²) in [6.07, 6.45) is 0. The quantitative estimate of drug-likeness (QED) is 0.796. The Morgan fingerprint density at radius 1 is 1.19 bits per heavy atom. The molecule has 7 heteroatoms. The summed E-state index contributed by atoms with van der Waals surface area (Å²) >= 11 is 1.22. The van der Waals surface area contributed by atoms with E-state index in [0.29, 0.717) is 10.6 Å². The van der Waals surface area contributed by atoms with Crippen LogP contribution in [0.15, 0.2) is 47.5 Å². The summed E-state index contributed by atoms with van der Waals surface area (Å²) in [6, 6.07) is 9.71. The molecule has 3 rings (SSSR count). The molecule has 2 atom stereocenters. The number of aromatic hydroxyl groups is 1. The van der Waals surface area contributed by atoms with E-state index >= 15 is 0 Å². The zero-order valence-electron chi connectivity index (χ0n) is 14.4. The van der Waals surface area contributed by atoms with E-state index in [1.807, 2.05) is 0 Å². The fraction of sp³-hybridized carbons (Fsp3) is 0.200. The van der Waals surface area contributed by atoms with Crippen molar-refractivity contribution >= 4 is 22.7 Å². The number of aliphatic imine (C=N–C) groups is 1. The second kappa shape index (κ2) is 8.23. The van der Waals surface area contributed by atoms with Crippen LogP contribution in [-0.2, 0) is 11.3 Å². The number of hydrogen-bond donors (Lipinski definition) is 2. The molecule has 0 saturated heterocycles. The summed E-state index contributed by atoms with van der Waals surface area (Å²) < 4.78 is 27.3. The molecule has 4 nitrogen and oxygen atoms in total. The predicted molar refractivity (Wildman–Crippen MR) is 101 cm³/mol. The Labute approximate surface area is 159 Å². The number of nitrogens with zero attached hydrogens (tertiary/aromatic N) is 1. The van der Waals surface area contributed by atoms with Gasteiger partial charge in [-0.2, -0.15) is 0 Å². The average Bonchev–Trinajstić information content (AvgIpc) is 3.01. The van der Waals surface area contributed by atoms with Crippen LogP contribution in [0.25, 0.3) is 0 Å². The van der Waals surface area contributed by atoms with Crippen molar-refractivity contribution in [3.8, 4) is 17.6 Å². The minimum atomic E-state index is -0.695. The lowest BCUT2D eigenvalue weighted by Gasteiger charge is -2.13. The van der Waals surface area contributed by atoms with Crippen LogP contribution in [0, 0.1) is 23.5 Å². The van der Waals surface area contributed by atoms with Crippen molar-refractivity contribution in [2.45, 2.75) is 24.8 Å².